The predicted molar refractivity (Wildman–Crippen MR) is 58.2 cm³/mol. The Labute approximate surface area is 88.0 Å². The minimum absolute atomic E-state index is 0.0744. The third-order valence-corrected chi connectivity index (χ3v) is 2.83. The van der Waals surface area contributed by atoms with Gasteiger partial charge >= 0.3 is 0 Å². The molecule has 0 radical (unpaired) electrons. The maximum Gasteiger partial charge on any atom is 0.160 e. The molecule has 1 unspecified atom stereocenters. The highest BCUT2D eigenvalue weighted by molar-refractivity contribution is 4.61. The summed E-state index contributed by atoms with van der Waals surface area (Å²) in [6.45, 7) is 6.24. The molecule has 14 heavy (non-hydrogen) atoms. The van der Waals surface area contributed by atoms with Crippen LogP contribution in [-0.2, 0) is 9.47 Å². The second-order valence-electron chi connectivity index (χ2n) is 4.29. The first-order chi connectivity index (χ1) is 6.84. The van der Waals surface area contributed by atoms with Crippen molar-refractivity contribution in [2.45, 2.75) is 58.7 Å². The van der Waals surface area contributed by atoms with Crippen molar-refractivity contribution in [1.82, 2.24) is 0 Å². The van der Waals surface area contributed by atoms with Gasteiger partial charge in [0.2, 0.25) is 0 Å². The quantitative estimate of drug-likeness (QED) is 0.612. The summed E-state index contributed by atoms with van der Waals surface area (Å²) < 4.78 is 11.1. The van der Waals surface area contributed by atoms with Gasteiger partial charge in [0.1, 0.15) is 0 Å². The molecule has 1 aliphatic heterocycles. The highest BCUT2D eigenvalue weighted by atomic mass is 16.7. The summed E-state index contributed by atoms with van der Waals surface area (Å²) in [5.74, 6) is 0.562. The van der Waals surface area contributed by atoms with E-state index >= 15 is 0 Å². The van der Waals surface area contributed by atoms with Crippen molar-refractivity contribution in [2.75, 3.05) is 13.2 Å². The molecule has 0 bridgehead atoms. The maximum atomic E-state index is 5.57. The van der Waals surface area contributed by atoms with Crippen LogP contribution in [0, 0.1) is 5.92 Å². The topological polar surface area (TPSA) is 18.5 Å². The van der Waals surface area contributed by atoms with Crippen molar-refractivity contribution >= 4 is 0 Å². The van der Waals surface area contributed by atoms with Gasteiger partial charge in [-0.1, -0.05) is 39.5 Å². The molecule has 0 amide bonds. The van der Waals surface area contributed by atoms with E-state index in [9.17, 15) is 0 Å². The number of hydrogen-bond acceptors (Lipinski definition) is 2. The van der Waals surface area contributed by atoms with Crippen LogP contribution in [0.25, 0.3) is 0 Å². The van der Waals surface area contributed by atoms with Gasteiger partial charge in [-0.15, -0.1) is 0 Å². The van der Waals surface area contributed by atoms with E-state index in [1.807, 2.05) is 0 Å². The van der Waals surface area contributed by atoms with Crippen LogP contribution in [0.5, 0.6) is 0 Å². The summed E-state index contributed by atoms with van der Waals surface area (Å²) in [5.41, 5.74) is 0. The molecule has 0 saturated carbocycles. The zero-order valence-electron chi connectivity index (χ0n) is 9.63. The summed E-state index contributed by atoms with van der Waals surface area (Å²) in [7, 11) is 0. The van der Waals surface area contributed by atoms with Gasteiger partial charge in [-0.2, -0.15) is 0 Å². The number of ether oxygens (including phenoxy) is 2. The Kier molecular flexibility index (Phi) is 6.20. The zero-order chi connectivity index (χ0) is 10.2. The Morgan fingerprint density at radius 3 is 2.50 bits per heavy atom. The lowest BCUT2D eigenvalue weighted by molar-refractivity contribution is -0.203. The first kappa shape index (κ1) is 12.0. The normalized spacial score (nSPS) is 21.0. The maximum absolute atomic E-state index is 5.57. The fourth-order valence-electron chi connectivity index (χ4n) is 1.86. The Bertz CT molecular complexity index is 130. The lowest BCUT2D eigenvalue weighted by atomic mass is 10.0. The second-order valence-corrected chi connectivity index (χ2v) is 4.29. The fraction of sp³-hybridized carbons (Fsp3) is 1.00. The molecule has 2 nitrogen and oxygen atoms in total. The fourth-order valence-corrected chi connectivity index (χ4v) is 1.86. The average Bonchev–Trinajstić information content (AvgIpc) is 2.25. The third-order valence-electron chi connectivity index (χ3n) is 2.83. The predicted octanol–water partition coefficient (Wildman–Crippen LogP) is 3.36. The number of unbranched alkanes of at least 4 members (excludes halogenated alkanes) is 3. The summed E-state index contributed by atoms with van der Waals surface area (Å²) in [4.78, 5) is 0. The molecular weight excluding hydrogens is 176 g/mol. The van der Waals surface area contributed by atoms with Crippen LogP contribution in [0.1, 0.15) is 52.4 Å². The lowest BCUT2D eigenvalue weighted by Crippen LogP contribution is -2.30. The van der Waals surface area contributed by atoms with Crippen molar-refractivity contribution in [2.24, 2.45) is 5.92 Å². The SMILES string of the molecule is CCCCCCC(C)C1OCCCO1. The van der Waals surface area contributed by atoms with Crippen LogP contribution in [0.4, 0.5) is 0 Å². The van der Waals surface area contributed by atoms with Gasteiger partial charge in [0.15, 0.2) is 6.29 Å². The molecular formula is C12H24O2. The largest absolute Gasteiger partial charge is 0.352 e. The van der Waals surface area contributed by atoms with E-state index in [4.69, 9.17) is 9.47 Å². The van der Waals surface area contributed by atoms with E-state index in [2.05, 4.69) is 13.8 Å². The Morgan fingerprint density at radius 2 is 1.86 bits per heavy atom. The van der Waals surface area contributed by atoms with Crippen molar-refractivity contribution in [3.8, 4) is 0 Å². The molecule has 0 N–H and O–H groups in total. The van der Waals surface area contributed by atoms with E-state index in [1.165, 1.54) is 32.1 Å². The van der Waals surface area contributed by atoms with E-state index in [0.29, 0.717) is 5.92 Å². The zero-order valence-corrected chi connectivity index (χ0v) is 9.63. The summed E-state index contributed by atoms with van der Waals surface area (Å²) >= 11 is 0. The van der Waals surface area contributed by atoms with Crippen molar-refractivity contribution in [1.29, 1.82) is 0 Å². The molecule has 1 saturated heterocycles. The third kappa shape index (κ3) is 4.43. The molecule has 0 aromatic rings. The highest BCUT2D eigenvalue weighted by Crippen LogP contribution is 2.20. The second kappa shape index (κ2) is 7.24. The first-order valence-electron chi connectivity index (χ1n) is 6.07. The molecule has 0 spiro atoms. The van der Waals surface area contributed by atoms with Crippen LogP contribution < -0.4 is 0 Å². The van der Waals surface area contributed by atoms with Gasteiger partial charge in [0.05, 0.1) is 13.2 Å². The molecule has 0 aromatic heterocycles. The van der Waals surface area contributed by atoms with Crippen LogP contribution in [0.15, 0.2) is 0 Å². The Balaban J connectivity index is 2.04. The van der Waals surface area contributed by atoms with Crippen molar-refractivity contribution in [3.05, 3.63) is 0 Å². The van der Waals surface area contributed by atoms with Crippen LogP contribution in [-0.4, -0.2) is 19.5 Å². The van der Waals surface area contributed by atoms with Crippen LogP contribution in [0.3, 0.4) is 0 Å². The van der Waals surface area contributed by atoms with Crippen LogP contribution >= 0.6 is 0 Å². The Hall–Kier alpha value is -0.0800. The standard InChI is InChI=1S/C12H24O2/c1-3-4-5-6-8-11(2)12-13-9-7-10-14-12/h11-12H,3-10H2,1-2H3. The average molecular weight is 200 g/mol. The van der Waals surface area contributed by atoms with Crippen LogP contribution in [0.2, 0.25) is 0 Å². The van der Waals surface area contributed by atoms with Crippen molar-refractivity contribution in [3.63, 3.8) is 0 Å². The smallest absolute Gasteiger partial charge is 0.160 e. The lowest BCUT2D eigenvalue weighted by Gasteiger charge is -2.28. The van der Waals surface area contributed by atoms with Gasteiger partial charge in [-0.05, 0) is 12.8 Å². The van der Waals surface area contributed by atoms with Gasteiger partial charge in [-0.3, -0.25) is 0 Å². The molecule has 1 heterocycles. The van der Waals surface area contributed by atoms with Gasteiger partial charge in [0, 0.05) is 5.92 Å². The van der Waals surface area contributed by atoms with E-state index in [0.717, 1.165) is 19.6 Å². The minimum Gasteiger partial charge on any atom is -0.352 e. The van der Waals surface area contributed by atoms with Crippen molar-refractivity contribution < 1.29 is 9.47 Å². The van der Waals surface area contributed by atoms with Gasteiger partial charge in [0.25, 0.3) is 0 Å². The molecule has 1 aliphatic rings. The molecule has 2 heteroatoms. The molecule has 0 aromatic carbocycles. The van der Waals surface area contributed by atoms with Gasteiger partial charge < -0.3 is 9.47 Å². The van der Waals surface area contributed by atoms with E-state index in [-0.39, 0.29) is 6.29 Å². The van der Waals surface area contributed by atoms with E-state index in [1.54, 1.807) is 0 Å². The Morgan fingerprint density at radius 1 is 1.14 bits per heavy atom. The highest BCUT2D eigenvalue weighted by Gasteiger charge is 2.20. The molecule has 1 atom stereocenters. The van der Waals surface area contributed by atoms with Gasteiger partial charge in [-0.25, -0.2) is 0 Å². The van der Waals surface area contributed by atoms with E-state index < -0.39 is 0 Å². The number of rotatable bonds is 6. The monoisotopic (exact) mass is 200 g/mol. The summed E-state index contributed by atoms with van der Waals surface area (Å²) in [6.07, 6.45) is 7.71. The summed E-state index contributed by atoms with van der Waals surface area (Å²) in [5, 5.41) is 0. The minimum atomic E-state index is 0.0744. The molecule has 1 rings (SSSR count). The molecule has 0 aliphatic carbocycles. The molecule has 84 valence electrons. The summed E-state index contributed by atoms with van der Waals surface area (Å²) in [6, 6.07) is 0. The number of hydrogen-bond donors (Lipinski definition) is 0. The molecule has 1 fully saturated rings. The first-order valence-corrected chi connectivity index (χ1v) is 6.07.